The molecule has 8 atom stereocenters. The lowest BCUT2D eigenvalue weighted by molar-refractivity contribution is -0.210. The number of halogens is 1. The minimum absolute atomic E-state index is 0.0102. The number of para-hydroxylation sites is 1. The SMILES string of the molecule is O=C(CCc1c[nH]c2ccccc12)NC1CCN(C2C(F)CC3C(=O)C(C(=O)N4CCCC4)=CN4C5CCCCC5OC2C34)C1. The maximum Gasteiger partial charge on any atom is 0.258 e. The van der Waals surface area contributed by atoms with E-state index in [9.17, 15) is 14.4 Å². The van der Waals surface area contributed by atoms with Gasteiger partial charge in [0.05, 0.1) is 35.9 Å². The number of aryl methyl sites for hydroxylation is 1. The second-order valence-corrected chi connectivity index (χ2v) is 14.1. The number of rotatable bonds is 6. The molecule has 1 aromatic carbocycles. The average Bonchev–Trinajstić information content (AvgIpc) is 3.83. The number of fused-ring (bicyclic) bond motifs is 3. The van der Waals surface area contributed by atoms with Gasteiger partial charge in [0.2, 0.25) is 5.91 Å². The summed E-state index contributed by atoms with van der Waals surface area (Å²) in [4.78, 5) is 49.9. The highest BCUT2D eigenvalue weighted by atomic mass is 19.1. The Morgan fingerprint density at radius 2 is 1.84 bits per heavy atom. The number of alkyl halides is 1. The van der Waals surface area contributed by atoms with Crippen LogP contribution in [0.2, 0.25) is 0 Å². The standard InChI is InChI=1S/C35H44FN5O4/c36-26-17-24-31-34(45-29-10-4-3-9-28(29)41(31)20-25(33(24)43)35(44)39-14-5-6-15-39)32(26)40-16-13-22(19-40)38-30(42)12-11-21-18-37-27-8-2-1-7-23(21)27/h1-2,7-8,18,20,22,24,26,28-29,31-32,34,37H,3-6,9-17,19H2,(H,38,42). The van der Waals surface area contributed by atoms with Crippen molar-refractivity contribution in [2.45, 2.75) is 107 Å². The number of nitrogens with zero attached hydrogens (tertiary/aromatic N) is 3. The van der Waals surface area contributed by atoms with Crippen LogP contribution in [0.3, 0.4) is 0 Å². The summed E-state index contributed by atoms with van der Waals surface area (Å²) in [5, 5.41) is 4.36. The predicted octanol–water partition coefficient (Wildman–Crippen LogP) is 3.49. The second-order valence-electron chi connectivity index (χ2n) is 14.1. The van der Waals surface area contributed by atoms with Crippen molar-refractivity contribution in [2.24, 2.45) is 5.92 Å². The van der Waals surface area contributed by atoms with E-state index in [0.717, 1.165) is 61.4 Å². The third-order valence-corrected chi connectivity index (χ3v) is 11.5. The number of carbonyl (C=O) groups is 3. The van der Waals surface area contributed by atoms with E-state index in [1.807, 2.05) is 30.6 Å². The summed E-state index contributed by atoms with van der Waals surface area (Å²) in [7, 11) is 0. The predicted molar refractivity (Wildman–Crippen MR) is 167 cm³/mol. The lowest BCUT2D eigenvalue weighted by Crippen LogP contribution is -2.73. The molecule has 3 saturated heterocycles. The van der Waals surface area contributed by atoms with Crippen molar-refractivity contribution in [3.63, 3.8) is 0 Å². The first kappa shape index (κ1) is 29.2. The number of carbonyl (C=O) groups excluding carboxylic acids is 3. The van der Waals surface area contributed by atoms with Crippen LogP contribution in [0.25, 0.3) is 10.9 Å². The molecule has 2 N–H and O–H groups in total. The molecule has 5 fully saturated rings. The number of aromatic nitrogens is 1. The van der Waals surface area contributed by atoms with Crippen molar-refractivity contribution in [3.05, 3.63) is 47.8 Å². The number of ketones is 1. The molecule has 4 aliphatic heterocycles. The van der Waals surface area contributed by atoms with E-state index in [1.54, 1.807) is 4.90 Å². The average molecular weight is 618 g/mol. The number of Topliss-reactive ketones (excluding diaryl/α,β-unsaturated/α-hetero) is 1. The molecule has 10 heteroatoms. The maximum atomic E-state index is 16.4. The first-order chi connectivity index (χ1) is 22.0. The molecule has 2 aliphatic carbocycles. The molecule has 240 valence electrons. The summed E-state index contributed by atoms with van der Waals surface area (Å²) < 4.78 is 23.2. The van der Waals surface area contributed by atoms with Gasteiger partial charge in [0.25, 0.3) is 5.91 Å². The summed E-state index contributed by atoms with van der Waals surface area (Å²) >= 11 is 0. The van der Waals surface area contributed by atoms with E-state index in [-0.39, 0.29) is 53.8 Å². The smallest absolute Gasteiger partial charge is 0.258 e. The number of H-pyrrole nitrogens is 1. The molecule has 8 unspecified atom stereocenters. The second kappa shape index (κ2) is 11.8. The van der Waals surface area contributed by atoms with Crippen LogP contribution >= 0.6 is 0 Å². The zero-order valence-electron chi connectivity index (χ0n) is 25.8. The summed E-state index contributed by atoms with van der Waals surface area (Å²) in [5.41, 5.74) is 2.44. The Bertz CT molecular complexity index is 1500. The van der Waals surface area contributed by atoms with E-state index in [0.29, 0.717) is 39.0 Å². The number of ether oxygens (including phenoxy) is 1. The molecule has 2 amide bonds. The largest absolute Gasteiger partial charge is 0.369 e. The van der Waals surface area contributed by atoms with Gasteiger partial charge in [0, 0.05) is 67.9 Å². The fourth-order valence-electron chi connectivity index (χ4n) is 9.30. The monoisotopic (exact) mass is 617 g/mol. The molecule has 0 bridgehead atoms. The number of aromatic amines is 1. The molecule has 45 heavy (non-hydrogen) atoms. The summed E-state index contributed by atoms with van der Waals surface area (Å²) in [6.45, 7) is 2.60. The topological polar surface area (TPSA) is 98.0 Å². The summed E-state index contributed by atoms with van der Waals surface area (Å²) in [5.74, 6) is -0.972. The van der Waals surface area contributed by atoms with Gasteiger partial charge >= 0.3 is 0 Å². The number of morpholine rings is 1. The van der Waals surface area contributed by atoms with Gasteiger partial charge in [-0.05, 0) is 56.6 Å². The first-order valence-electron chi connectivity index (χ1n) is 17.2. The maximum absolute atomic E-state index is 16.4. The molecule has 9 nitrogen and oxygen atoms in total. The van der Waals surface area contributed by atoms with Crippen LogP contribution in [0.1, 0.15) is 63.4 Å². The van der Waals surface area contributed by atoms with Crippen molar-refractivity contribution in [3.8, 4) is 0 Å². The minimum atomic E-state index is -1.25. The summed E-state index contributed by atoms with van der Waals surface area (Å²) in [6, 6.07) is 7.41. The molecule has 2 saturated carbocycles. The van der Waals surface area contributed by atoms with Crippen LogP contribution < -0.4 is 5.32 Å². The summed E-state index contributed by atoms with van der Waals surface area (Å²) in [6.07, 6.45) is 9.92. The third kappa shape index (κ3) is 5.18. The van der Waals surface area contributed by atoms with Crippen molar-refractivity contribution in [2.75, 3.05) is 26.2 Å². The Balaban J connectivity index is 0.977. The molecular formula is C35H44FN5O4. The highest BCUT2D eigenvalue weighted by molar-refractivity contribution is 6.20. The first-order valence-corrected chi connectivity index (χ1v) is 17.2. The number of hydrogen-bond donors (Lipinski definition) is 2. The minimum Gasteiger partial charge on any atom is -0.369 e. The van der Waals surface area contributed by atoms with Gasteiger partial charge in [0.15, 0.2) is 5.78 Å². The zero-order chi connectivity index (χ0) is 30.7. The van der Waals surface area contributed by atoms with Gasteiger partial charge < -0.3 is 24.8 Å². The molecule has 6 aliphatic rings. The molecule has 5 heterocycles. The molecule has 2 aromatic rings. The van der Waals surface area contributed by atoms with Crippen molar-refractivity contribution >= 4 is 28.5 Å². The Morgan fingerprint density at radius 3 is 2.71 bits per heavy atom. The lowest BCUT2D eigenvalue weighted by atomic mass is 9.69. The van der Waals surface area contributed by atoms with Gasteiger partial charge in [-0.1, -0.05) is 31.0 Å². The fraction of sp³-hybridized carbons (Fsp3) is 0.629. The molecule has 0 spiro atoms. The third-order valence-electron chi connectivity index (χ3n) is 11.5. The van der Waals surface area contributed by atoms with Gasteiger partial charge in [-0.2, -0.15) is 0 Å². The number of likely N-dealkylation sites (tertiary alicyclic amines) is 2. The Labute approximate surface area is 263 Å². The molecule has 1 aromatic heterocycles. The molecule has 8 rings (SSSR count). The van der Waals surface area contributed by atoms with Crippen LogP contribution in [-0.2, 0) is 25.5 Å². The molecule has 0 radical (unpaired) electrons. The quantitative estimate of drug-likeness (QED) is 0.482. The van der Waals surface area contributed by atoms with Crippen molar-refractivity contribution in [1.29, 1.82) is 0 Å². The van der Waals surface area contributed by atoms with Gasteiger partial charge in [-0.3, -0.25) is 19.3 Å². The lowest BCUT2D eigenvalue weighted by Gasteiger charge is -2.60. The van der Waals surface area contributed by atoms with Gasteiger partial charge in [-0.15, -0.1) is 0 Å². The van der Waals surface area contributed by atoms with Crippen molar-refractivity contribution < 1.29 is 23.5 Å². The molecular weight excluding hydrogens is 573 g/mol. The van der Waals surface area contributed by atoms with E-state index in [1.165, 1.54) is 0 Å². The number of hydrogen-bond acceptors (Lipinski definition) is 6. The van der Waals surface area contributed by atoms with Gasteiger partial charge in [-0.25, -0.2) is 4.39 Å². The van der Waals surface area contributed by atoms with Crippen LogP contribution in [0.15, 0.2) is 42.2 Å². The van der Waals surface area contributed by atoms with Crippen molar-refractivity contribution in [1.82, 2.24) is 25.0 Å². The fourth-order valence-corrected chi connectivity index (χ4v) is 9.30. The van der Waals surface area contributed by atoms with E-state index in [4.69, 9.17) is 4.74 Å². The Hall–Kier alpha value is -3.24. The Morgan fingerprint density at radius 1 is 1.02 bits per heavy atom. The van der Waals surface area contributed by atoms with Crippen LogP contribution in [-0.4, -0.2) is 106 Å². The zero-order valence-corrected chi connectivity index (χ0v) is 25.8. The van der Waals surface area contributed by atoms with Crippen LogP contribution in [0.4, 0.5) is 4.39 Å². The number of nitrogens with one attached hydrogen (secondary N) is 2. The van der Waals surface area contributed by atoms with E-state index < -0.39 is 24.2 Å². The van der Waals surface area contributed by atoms with E-state index >= 15 is 4.39 Å². The van der Waals surface area contributed by atoms with Crippen LogP contribution in [0.5, 0.6) is 0 Å². The van der Waals surface area contributed by atoms with Crippen LogP contribution in [0, 0.1) is 5.92 Å². The highest BCUT2D eigenvalue weighted by Gasteiger charge is 2.60. The number of benzene rings is 1. The Kier molecular flexibility index (Phi) is 7.68. The number of amides is 2. The normalized spacial score (nSPS) is 34.9. The highest BCUT2D eigenvalue weighted by Crippen LogP contribution is 2.47. The van der Waals surface area contributed by atoms with Gasteiger partial charge in [0.1, 0.15) is 6.17 Å². The van der Waals surface area contributed by atoms with E-state index in [2.05, 4.69) is 26.2 Å².